The monoisotopic (exact) mass is 470 g/mol. The van der Waals surface area contributed by atoms with Crippen molar-refractivity contribution in [3.63, 3.8) is 0 Å². The van der Waals surface area contributed by atoms with E-state index >= 15 is 0 Å². The second-order valence-electron chi connectivity index (χ2n) is 11.6. The van der Waals surface area contributed by atoms with Crippen LogP contribution in [0.3, 0.4) is 0 Å². The zero-order valence-corrected chi connectivity index (χ0v) is 21.5. The fraction of sp³-hybridized carbons (Fsp3) is 0.214. The van der Waals surface area contributed by atoms with Crippen molar-refractivity contribution in [3.8, 4) is 17.2 Å². The third kappa shape index (κ3) is 12.8. The van der Waals surface area contributed by atoms with Crippen molar-refractivity contribution >= 4 is 0 Å². The molecule has 3 N–H and O–H groups in total. The van der Waals surface area contributed by atoms with Crippen molar-refractivity contribution in [2.45, 2.75) is 32.6 Å². The van der Waals surface area contributed by atoms with E-state index in [9.17, 15) is 0 Å². The van der Waals surface area contributed by atoms with Gasteiger partial charge < -0.3 is 15.3 Å². The van der Waals surface area contributed by atoms with E-state index in [1.54, 1.807) is 76.7 Å². The van der Waals surface area contributed by atoms with Crippen molar-refractivity contribution in [1.82, 2.24) is 0 Å². The molecule has 0 aromatic heterocycles. The van der Waals surface area contributed by atoms with E-state index in [0.29, 0.717) is 17.2 Å². The number of phenolic OH excluding ortho intramolecular Hbond substituents is 3. The Morgan fingerprint density at radius 3 is 0.969 bits per heavy atom. The van der Waals surface area contributed by atoms with Crippen LogP contribution in [0.5, 0.6) is 17.2 Å². The summed E-state index contributed by atoms with van der Waals surface area (Å²) in [6.07, 6.45) is 7.98. The molecule has 4 heteroatoms. The number of benzene rings is 3. The van der Waals surface area contributed by atoms with Crippen LogP contribution in [0, 0.1) is 0 Å². The molecule has 0 amide bonds. The molecule has 0 atom stereocenters. The molecule has 0 fully saturated rings. The maximum absolute atomic E-state index is 8.63. The van der Waals surface area contributed by atoms with E-state index < -0.39 is 14.0 Å². The molecule has 0 heterocycles. The molecular weight excluding hydrogens is 432 g/mol. The summed E-state index contributed by atoms with van der Waals surface area (Å²) in [5.41, 5.74) is 0. The predicted molar refractivity (Wildman–Crippen MR) is 135 cm³/mol. The minimum absolute atomic E-state index is 0.322. The van der Waals surface area contributed by atoms with Gasteiger partial charge in [0.1, 0.15) is 17.2 Å². The third-order valence-electron chi connectivity index (χ3n) is 4.65. The van der Waals surface area contributed by atoms with Gasteiger partial charge in [-0.25, -0.2) is 0 Å². The number of phenols is 3. The molecule has 3 aromatic carbocycles. The SMILES string of the molecule is Oc1ccccc1.Oc1ccccc1.Oc1ccccc1.[CH3][Ti]([CH3])([CH3])([CH3])([CH3])[C]1=CC=CC1. The number of rotatable bonds is 1. The topological polar surface area (TPSA) is 60.7 Å². The van der Waals surface area contributed by atoms with E-state index in [2.05, 4.69) is 44.4 Å². The van der Waals surface area contributed by atoms with Crippen molar-refractivity contribution in [2.24, 2.45) is 0 Å². The molecule has 4 rings (SSSR count). The van der Waals surface area contributed by atoms with Gasteiger partial charge in [0.25, 0.3) is 0 Å². The Labute approximate surface area is 191 Å². The first-order valence-corrected chi connectivity index (χ1v) is 19.5. The van der Waals surface area contributed by atoms with Gasteiger partial charge in [0.2, 0.25) is 0 Å². The zero-order valence-electron chi connectivity index (χ0n) is 19.9. The summed E-state index contributed by atoms with van der Waals surface area (Å²) in [4.78, 5) is 0. The first-order chi connectivity index (χ1) is 14.8. The van der Waals surface area contributed by atoms with E-state index in [1.807, 2.05) is 18.2 Å². The molecule has 1 aliphatic carbocycles. The van der Waals surface area contributed by atoms with Gasteiger partial charge in [-0.2, -0.15) is 0 Å². The van der Waals surface area contributed by atoms with Gasteiger partial charge >= 0.3 is 68.7 Å². The van der Waals surface area contributed by atoms with Gasteiger partial charge in [-0.1, -0.05) is 54.6 Å². The van der Waals surface area contributed by atoms with Crippen molar-refractivity contribution in [1.29, 1.82) is 0 Å². The molecule has 3 nitrogen and oxygen atoms in total. The predicted octanol–water partition coefficient (Wildman–Crippen LogP) is 8.47. The number of hydrogen-bond acceptors (Lipinski definition) is 3. The van der Waals surface area contributed by atoms with Crippen molar-refractivity contribution in [3.05, 3.63) is 113 Å². The molecule has 0 radical (unpaired) electrons. The second-order valence-corrected chi connectivity index (χ2v) is 32.1. The molecule has 0 saturated heterocycles. The van der Waals surface area contributed by atoms with Crippen LogP contribution in [-0.4, -0.2) is 15.3 Å². The first-order valence-electron chi connectivity index (χ1n) is 10.9. The van der Waals surface area contributed by atoms with Crippen molar-refractivity contribution in [2.75, 3.05) is 0 Å². The van der Waals surface area contributed by atoms with Crippen molar-refractivity contribution < 1.29 is 29.3 Å². The standard InChI is InChI=1S/3C6H6O.C5H5.5CH3.Ti/c3*7-6-4-2-1-3-5-6;1-2-4-5-3-1;;;;;;/h3*1-5,7H;1-3H,4H2;5*1H3;. The summed E-state index contributed by atoms with van der Waals surface area (Å²) >= 11 is -2.61. The Kier molecular flexibility index (Phi) is 9.57. The van der Waals surface area contributed by atoms with Crippen LogP contribution in [0.1, 0.15) is 6.42 Å². The summed E-state index contributed by atoms with van der Waals surface area (Å²) in [5, 5.41) is 38.3. The van der Waals surface area contributed by atoms with E-state index in [4.69, 9.17) is 15.3 Å². The summed E-state index contributed by atoms with van der Waals surface area (Å²) in [5.74, 6) is 0.965. The van der Waals surface area contributed by atoms with Crippen LogP contribution in [-0.2, 0) is 14.0 Å². The molecule has 0 saturated carbocycles. The molecule has 172 valence electrons. The summed E-state index contributed by atoms with van der Waals surface area (Å²) in [6.45, 7) is 0. The fourth-order valence-electron chi connectivity index (χ4n) is 2.66. The molecule has 0 unspecified atom stereocenters. The zero-order chi connectivity index (χ0) is 24.2. The minimum atomic E-state index is -2.61. The van der Waals surface area contributed by atoms with Gasteiger partial charge in [0.15, 0.2) is 0 Å². The van der Waals surface area contributed by atoms with Gasteiger partial charge in [0, 0.05) is 0 Å². The van der Waals surface area contributed by atoms with Crippen LogP contribution in [0.2, 0.25) is 26.1 Å². The normalized spacial score (nSPS) is 14.0. The van der Waals surface area contributed by atoms with Crippen LogP contribution in [0.25, 0.3) is 0 Å². The average Bonchev–Trinajstić information content (AvgIpc) is 3.27. The van der Waals surface area contributed by atoms with E-state index in [-0.39, 0.29) is 0 Å². The first kappa shape index (κ1) is 27.3. The average molecular weight is 470 g/mol. The summed E-state index contributed by atoms with van der Waals surface area (Å²) < 4.78 is 1.70. The molecule has 0 bridgehead atoms. The van der Waals surface area contributed by atoms with Gasteiger partial charge in [-0.3, -0.25) is 0 Å². The van der Waals surface area contributed by atoms with Crippen LogP contribution in [0.4, 0.5) is 0 Å². The quantitative estimate of drug-likeness (QED) is 0.313. The number of allylic oxidation sites excluding steroid dienone is 4. The van der Waals surface area contributed by atoms with Gasteiger partial charge in [0.05, 0.1) is 0 Å². The Morgan fingerprint density at radius 2 is 0.844 bits per heavy atom. The Morgan fingerprint density at radius 1 is 0.531 bits per heavy atom. The van der Waals surface area contributed by atoms with Crippen LogP contribution < -0.4 is 0 Å². The third-order valence-corrected chi connectivity index (χ3v) is 10.2. The van der Waals surface area contributed by atoms with E-state index in [1.165, 1.54) is 6.42 Å². The van der Waals surface area contributed by atoms with Crippen LogP contribution in [0.15, 0.2) is 113 Å². The molecule has 1 aliphatic rings. The summed E-state index contributed by atoms with van der Waals surface area (Å²) in [6, 6.07) is 26.1. The Balaban J connectivity index is 0.000000218. The Hall–Kier alpha value is -2.75. The fourth-order valence-corrected chi connectivity index (χ4v) is 5.89. The van der Waals surface area contributed by atoms with Gasteiger partial charge in [-0.05, 0) is 36.4 Å². The summed E-state index contributed by atoms with van der Waals surface area (Å²) in [7, 11) is 0. The van der Waals surface area contributed by atoms with Gasteiger partial charge in [-0.15, -0.1) is 0 Å². The molecular formula is C28H38O3Ti. The molecule has 0 spiro atoms. The molecule has 32 heavy (non-hydrogen) atoms. The second kappa shape index (κ2) is 11.2. The Bertz CT molecular complexity index is 884. The maximum atomic E-state index is 8.63. The van der Waals surface area contributed by atoms with E-state index in [0.717, 1.165) is 0 Å². The van der Waals surface area contributed by atoms with Crippen LogP contribution >= 0.6 is 0 Å². The number of hydrogen-bond donors (Lipinski definition) is 3. The number of aromatic hydroxyl groups is 3. The molecule has 3 aromatic rings. The molecule has 0 aliphatic heterocycles. The number of para-hydroxylation sites is 3.